The number of amides is 1. The molecular weight excluding hydrogens is 326 g/mol. The summed E-state index contributed by atoms with van der Waals surface area (Å²) < 4.78 is 4.67. The van der Waals surface area contributed by atoms with Crippen LogP contribution >= 0.6 is 11.6 Å². The van der Waals surface area contributed by atoms with Gasteiger partial charge in [-0.1, -0.05) is 41.4 Å². The van der Waals surface area contributed by atoms with Crippen molar-refractivity contribution in [3.05, 3.63) is 70.2 Å². The Bertz CT molecular complexity index is 696. The maximum Gasteiger partial charge on any atom is 0.307 e. The second-order valence-corrected chi connectivity index (χ2v) is 5.98. The lowest BCUT2D eigenvalue weighted by Gasteiger charge is -2.22. The number of hydrogen-bond donors (Lipinski definition) is 0. The van der Waals surface area contributed by atoms with E-state index in [-0.39, 0.29) is 18.3 Å². The molecule has 0 fully saturated rings. The smallest absolute Gasteiger partial charge is 0.307 e. The highest BCUT2D eigenvalue weighted by atomic mass is 35.5. The molecule has 0 saturated carbocycles. The molecule has 0 aliphatic heterocycles. The van der Waals surface area contributed by atoms with Gasteiger partial charge < -0.3 is 9.64 Å². The van der Waals surface area contributed by atoms with Crippen LogP contribution in [0.2, 0.25) is 5.02 Å². The predicted octanol–water partition coefficient (Wildman–Crippen LogP) is 3.85. The largest absolute Gasteiger partial charge is 0.469 e. The zero-order chi connectivity index (χ0) is 17.5. The third-order valence-corrected chi connectivity index (χ3v) is 3.94. The summed E-state index contributed by atoms with van der Waals surface area (Å²) in [5.41, 5.74) is 2.70. The van der Waals surface area contributed by atoms with Crippen molar-refractivity contribution in [1.82, 2.24) is 4.90 Å². The molecule has 0 heterocycles. The third-order valence-electron chi connectivity index (χ3n) is 3.69. The Hall–Kier alpha value is -2.33. The van der Waals surface area contributed by atoms with E-state index in [1.54, 1.807) is 29.2 Å². The molecule has 0 aliphatic rings. The minimum Gasteiger partial charge on any atom is -0.469 e. The Balaban J connectivity index is 2.17. The van der Waals surface area contributed by atoms with Crippen molar-refractivity contribution >= 4 is 23.5 Å². The molecule has 0 aliphatic carbocycles. The second-order valence-electron chi connectivity index (χ2n) is 5.55. The fourth-order valence-corrected chi connectivity index (χ4v) is 2.40. The van der Waals surface area contributed by atoms with Crippen LogP contribution in [0.15, 0.2) is 48.5 Å². The molecule has 0 bridgehead atoms. The van der Waals surface area contributed by atoms with E-state index in [2.05, 4.69) is 4.74 Å². The molecule has 0 saturated heterocycles. The number of methoxy groups -OCH3 is 1. The van der Waals surface area contributed by atoms with Crippen molar-refractivity contribution in [2.75, 3.05) is 13.7 Å². The summed E-state index contributed by atoms with van der Waals surface area (Å²) in [5, 5.41) is 0.575. The summed E-state index contributed by atoms with van der Waals surface area (Å²) >= 11 is 5.88. The van der Waals surface area contributed by atoms with E-state index in [1.807, 2.05) is 31.2 Å². The molecule has 5 heteroatoms. The number of ether oxygens (including phenoxy) is 1. The highest BCUT2D eigenvalue weighted by Gasteiger charge is 2.17. The van der Waals surface area contributed by atoms with Crippen LogP contribution in [0.5, 0.6) is 0 Å². The Labute approximate surface area is 147 Å². The number of benzene rings is 2. The lowest BCUT2D eigenvalue weighted by Crippen LogP contribution is -2.32. The molecule has 1 amide bonds. The first-order valence-corrected chi connectivity index (χ1v) is 8.04. The number of carbonyl (C=O) groups excluding carboxylic acids is 2. The molecule has 0 N–H and O–H groups in total. The fraction of sp³-hybridized carbons (Fsp3) is 0.263. The van der Waals surface area contributed by atoms with Gasteiger partial charge in [0.1, 0.15) is 0 Å². The molecule has 2 rings (SSSR count). The summed E-state index contributed by atoms with van der Waals surface area (Å²) in [5.74, 6) is -0.482. The van der Waals surface area contributed by atoms with Crippen LogP contribution in [0.25, 0.3) is 0 Å². The van der Waals surface area contributed by atoms with Gasteiger partial charge in [-0.2, -0.15) is 0 Å². The van der Waals surface area contributed by atoms with Gasteiger partial charge in [0.25, 0.3) is 5.91 Å². The zero-order valence-corrected chi connectivity index (χ0v) is 14.5. The Morgan fingerprint density at radius 1 is 1.04 bits per heavy atom. The fourth-order valence-electron chi connectivity index (χ4n) is 2.27. The third kappa shape index (κ3) is 5.10. The van der Waals surface area contributed by atoms with Gasteiger partial charge >= 0.3 is 5.97 Å². The van der Waals surface area contributed by atoms with Gasteiger partial charge in [0, 0.05) is 23.7 Å². The normalized spacial score (nSPS) is 10.3. The Kier molecular flexibility index (Phi) is 6.38. The molecule has 2 aromatic rings. The number of rotatable bonds is 6. The van der Waals surface area contributed by atoms with E-state index >= 15 is 0 Å². The van der Waals surface area contributed by atoms with Crippen molar-refractivity contribution in [2.24, 2.45) is 0 Å². The topological polar surface area (TPSA) is 46.6 Å². The standard InChI is InChI=1S/C19H20ClNO3/c1-14-3-5-15(6-4-14)13-21(12-11-18(22)24-2)19(23)16-7-9-17(20)10-8-16/h3-10H,11-13H2,1-2H3. The van der Waals surface area contributed by atoms with Gasteiger partial charge in [0.2, 0.25) is 0 Å². The van der Waals surface area contributed by atoms with Crippen LogP contribution in [0.3, 0.4) is 0 Å². The van der Waals surface area contributed by atoms with E-state index in [1.165, 1.54) is 7.11 Å². The molecule has 2 aromatic carbocycles. The molecule has 126 valence electrons. The van der Waals surface area contributed by atoms with Gasteiger partial charge in [-0.05, 0) is 36.8 Å². The number of halogens is 1. The first-order valence-electron chi connectivity index (χ1n) is 7.67. The van der Waals surface area contributed by atoms with Crippen molar-refractivity contribution in [3.63, 3.8) is 0 Å². The first kappa shape index (κ1) is 18.0. The Morgan fingerprint density at radius 2 is 1.67 bits per heavy atom. The van der Waals surface area contributed by atoms with Crippen molar-refractivity contribution in [1.29, 1.82) is 0 Å². The zero-order valence-electron chi connectivity index (χ0n) is 13.8. The highest BCUT2D eigenvalue weighted by Crippen LogP contribution is 2.15. The average Bonchev–Trinajstić information content (AvgIpc) is 2.60. The van der Waals surface area contributed by atoms with Crippen LogP contribution in [-0.2, 0) is 16.1 Å². The van der Waals surface area contributed by atoms with Crippen LogP contribution in [0, 0.1) is 6.92 Å². The van der Waals surface area contributed by atoms with E-state index in [4.69, 9.17) is 11.6 Å². The molecular formula is C19H20ClNO3. The highest BCUT2D eigenvalue weighted by molar-refractivity contribution is 6.30. The minimum absolute atomic E-state index is 0.142. The molecule has 0 aromatic heterocycles. The monoisotopic (exact) mass is 345 g/mol. The molecule has 0 atom stereocenters. The van der Waals surface area contributed by atoms with Crippen LogP contribution in [0.4, 0.5) is 0 Å². The summed E-state index contributed by atoms with van der Waals surface area (Å²) in [6.45, 7) is 2.73. The van der Waals surface area contributed by atoms with Gasteiger partial charge in [0.15, 0.2) is 0 Å². The second kappa shape index (κ2) is 8.50. The molecule has 24 heavy (non-hydrogen) atoms. The summed E-state index contributed by atoms with van der Waals surface area (Å²) in [6.07, 6.45) is 0.154. The van der Waals surface area contributed by atoms with Crippen LogP contribution in [-0.4, -0.2) is 30.4 Å². The van der Waals surface area contributed by atoms with Gasteiger partial charge in [-0.15, -0.1) is 0 Å². The van der Waals surface area contributed by atoms with Crippen molar-refractivity contribution in [3.8, 4) is 0 Å². The van der Waals surface area contributed by atoms with E-state index in [0.717, 1.165) is 11.1 Å². The molecule has 0 radical (unpaired) electrons. The number of carbonyl (C=O) groups is 2. The SMILES string of the molecule is COC(=O)CCN(Cc1ccc(C)cc1)C(=O)c1ccc(Cl)cc1. The molecule has 0 spiro atoms. The minimum atomic E-state index is -0.340. The predicted molar refractivity (Wildman–Crippen MR) is 94.0 cm³/mol. The van der Waals surface area contributed by atoms with Crippen LogP contribution in [0.1, 0.15) is 27.9 Å². The van der Waals surface area contributed by atoms with Crippen molar-refractivity contribution < 1.29 is 14.3 Å². The summed E-state index contributed by atoms with van der Waals surface area (Å²) in [6, 6.07) is 14.7. The summed E-state index contributed by atoms with van der Waals surface area (Å²) in [7, 11) is 1.34. The van der Waals surface area contributed by atoms with Gasteiger partial charge in [-0.25, -0.2) is 0 Å². The number of aryl methyl sites for hydroxylation is 1. The number of hydrogen-bond acceptors (Lipinski definition) is 3. The lowest BCUT2D eigenvalue weighted by atomic mass is 10.1. The van der Waals surface area contributed by atoms with E-state index < -0.39 is 0 Å². The molecule has 4 nitrogen and oxygen atoms in total. The number of esters is 1. The quantitative estimate of drug-likeness (QED) is 0.747. The average molecular weight is 346 g/mol. The van der Waals surface area contributed by atoms with E-state index in [0.29, 0.717) is 23.7 Å². The van der Waals surface area contributed by atoms with Gasteiger partial charge in [-0.3, -0.25) is 9.59 Å². The molecule has 0 unspecified atom stereocenters. The maximum absolute atomic E-state index is 12.8. The number of nitrogens with zero attached hydrogens (tertiary/aromatic N) is 1. The van der Waals surface area contributed by atoms with E-state index in [9.17, 15) is 9.59 Å². The lowest BCUT2D eigenvalue weighted by molar-refractivity contribution is -0.140. The maximum atomic E-state index is 12.8. The van der Waals surface area contributed by atoms with Crippen molar-refractivity contribution in [2.45, 2.75) is 19.9 Å². The Morgan fingerprint density at radius 3 is 2.25 bits per heavy atom. The van der Waals surface area contributed by atoms with Gasteiger partial charge in [0.05, 0.1) is 13.5 Å². The van der Waals surface area contributed by atoms with Crippen LogP contribution < -0.4 is 0 Å². The summed E-state index contributed by atoms with van der Waals surface area (Å²) in [4.78, 5) is 25.8. The first-order chi connectivity index (χ1) is 11.5.